The first-order valence-corrected chi connectivity index (χ1v) is 10.1. The molecule has 0 radical (unpaired) electrons. The summed E-state index contributed by atoms with van der Waals surface area (Å²) in [6.45, 7) is 4.09. The summed E-state index contributed by atoms with van der Waals surface area (Å²) in [5.74, 6) is -0.00640. The second-order valence-electron chi connectivity index (χ2n) is 6.38. The van der Waals surface area contributed by atoms with Crippen LogP contribution in [0, 0.1) is 6.92 Å². The zero-order valence-electron chi connectivity index (χ0n) is 14.0. The Morgan fingerprint density at radius 3 is 2.29 bits per heavy atom. The number of nitrogens with zero attached hydrogens (tertiary/aromatic N) is 1. The molecule has 1 aliphatic heterocycles. The van der Waals surface area contributed by atoms with E-state index < -0.39 is 10.0 Å². The van der Waals surface area contributed by atoms with E-state index in [0.717, 1.165) is 29.9 Å². The van der Waals surface area contributed by atoms with E-state index in [1.165, 1.54) is 19.3 Å². The van der Waals surface area contributed by atoms with E-state index >= 15 is 0 Å². The fraction of sp³-hybridized carbons (Fsp3) is 0.368. The van der Waals surface area contributed by atoms with Crippen molar-refractivity contribution in [3.63, 3.8) is 0 Å². The summed E-state index contributed by atoms with van der Waals surface area (Å²) in [5, 5.41) is 0. The van der Waals surface area contributed by atoms with Crippen LogP contribution in [0.2, 0.25) is 0 Å². The summed E-state index contributed by atoms with van der Waals surface area (Å²) in [6.07, 6.45) is 3.75. The molecule has 128 valence electrons. The van der Waals surface area contributed by atoms with Crippen LogP contribution in [-0.2, 0) is 15.8 Å². The highest BCUT2D eigenvalue weighted by atomic mass is 32.2. The number of hydrogen-bond acceptors (Lipinski definition) is 3. The number of aryl methyl sites for hydroxylation is 1. The van der Waals surface area contributed by atoms with Crippen molar-refractivity contribution in [2.75, 3.05) is 22.7 Å². The zero-order valence-corrected chi connectivity index (χ0v) is 14.8. The lowest BCUT2D eigenvalue weighted by molar-refractivity contribution is 0.578. The summed E-state index contributed by atoms with van der Waals surface area (Å²) >= 11 is 0. The maximum atomic E-state index is 12.4. The van der Waals surface area contributed by atoms with E-state index in [1.54, 1.807) is 0 Å². The number of hydrogen-bond donors (Lipinski definition) is 1. The van der Waals surface area contributed by atoms with Crippen molar-refractivity contribution in [1.82, 2.24) is 0 Å². The van der Waals surface area contributed by atoms with Crippen molar-refractivity contribution >= 4 is 21.4 Å². The van der Waals surface area contributed by atoms with E-state index in [-0.39, 0.29) is 5.75 Å². The van der Waals surface area contributed by atoms with Gasteiger partial charge in [0.05, 0.1) is 5.75 Å². The van der Waals surface area contributed by atoms with Crippen molar-refractivity contribution in [3.05, 3.63) is 59.7 Å². The Balaban J connectivity index is 1.67. The van der Waals surface area contributed by atoms with Crippen LogP contribution in [0.1, 0.15) is 30.4 Å². The van der Waals surface area contributed by atoms with E-state index in [2.05, 4.69) is 9.62 Å². The Hall–Kier alpha value is -2.01. The quantitative estimate of drug-likeness (QED) is 0.894. The molecule has 2 aromatic rings. The molecule has 1 aliphatic rings. The van der Waals surface area contributed by atoms with Gasteiger partial charge >= 0.3 is 0 Å². The van der Waals surface area contributed by atoms with E-state index in [1.807, 2.05) is 55.5 Å². The Kier molecular flexibility index (Phi) is 5.09. The molecule has 0 spiro atoms. The highest BCUT2D eigenvalue weighted by molar-refractivity contribution is 7.91. The lowest BCUT2D eigenvalue weighted by Gasteiger charge is -2.28. The maximum Gasteiger partial charge on any atom is 0.236 e. The molecule has 0 amide bonds. The third kappa shape index (κ3) is 4.29. The molecule has 0 atom stereocenters. The predicted octanol–water partition coefficient (Wildman–Crippen LogP) is 3.93. The minimum atomic E-state index is -3.41. The first-order valence-electron chi connectivity index (χ1n) is 8.43. The number of anilines is 2. The number of benzene rings is 2. The average Bonchev–Trinajstić information content (AvgIpc) is 2.58. The van der Waals surface area contributed by atoms with Crippen LogP contribution in [-0.4, -0.2) is 21.5 Å². The minimum absolute atomic E-state index is 0.00640. The molecule has 1 saturated heterocycles. The molecule has 0 bridgehead atoms. The third-order valence-corrected chi connectivity index (χ3v) is 5.71. The van der Waals surface area contributed by atoms with Gasteiger partial charge < -0.3 is 4.90 Å². The summed E-state index contributed by atoms with van der Waals surface area (Å²) < 4.78 is 27.5. The topological polar surface area (TPSA) is 49.4 Å². The Bertz CT molecular complexity index is 779. The Morgan fingerprint density at radius 2 is 1.62 bits per heavy atom. The average molecular weight is 344 g/mol. The molecule has 0 aromatic heterocycles. The van der Waals surface area contributed by atoms with Crippen molar-refractivity contribution < 1.29 is 8.42 Å². The van der Waals surface area contributed by atoms with E-state index in [9.17, 15) is 8.42 Å². The molecule has 3 rings (SSSR count). The van der Waals surface area contributed by atoms with Gasteiger partial charge in [-0.05, 0) is 61.6 Å². The van der Waals surface area contributed by atoms with Crippen molar-refractivity contribution in [1.29, 1.82) is 0 Å². The van der Waals surface area contributed by atoms with Gasteiger partial charge in [0.25, 0.3) is 0 Å². The van der Waals surface area contributed by atoms with Crippen molar-refractivity contribution in [2.24, 2.45) is 0 Å². The van der Waals surface area contributed by atoms with Gasteiger partial charge in [0.2, 0.25) is 10.0 Å². The van der Waals surface area contributed by atoms with Crippen LogP contribution < -0.4 is 9.62 Å². The second-order valence-corrected chi connectivity index (χ2v) is 8.10. The highest BCUT2D eigenvalue weighted by Crippen LogP contribution is 2.23. The van der Waals surface area contributed by atoms with Crippen LogP contribution in [0.25, 0.3) is 0 Å². The second kappa shape index (κ2) is 7.26. The SMILES string of the molecule is Cc1ccccc1CS(=O)(=O)Nc1ccc(N2CCCCC2)cc1. The van der Waals surface area contributed by atoms with Gasteiger partial charge in [-0.1, -0.05) is 24.3 Å². The van der Waals surface area contributed by atoms with Crippen LogP contribution in [0.3, 0.4) is 0 Å². The Morgan fingerprint density at radius 1 is 0.958 bits per heavy atom. The summed E-state index contributed by atoms with van der Waals surface area (Å²) in [7, 11) is -3.41. The van der Waals surface area contributed by atoms with Gasteiger partial charge in [-0.2, -0.15) is 0 Å². The molecular formula is C19H24N2O2S. The predicted molar refractivity (Wildman–Crippen MR) is 99.9 cm³/mol. The summed E-state index contributed by atoms with van der Waals surface area (Å²) in [6, 6.07) is 15.3. The molecule has 1 fully saturated rings. The molecule has 0 unspecified atom stereocenters. The third-order valence-electron chi connectivity index (χ3n) is 4.47. The van der Waals surface area contributed by atoms with E-state index in [4.69, 9.17) is 0 Å². The minimum Gasteiger partial charge on any atom is -0.372 e. The number of sulfonamides is 1. The van der Waals surface area contributed by atoms with Crippen LogP contribution in [0.4, 0.5) is 11.4 Å². The van der Waals surface area contributed by atoms with Gasteiger partial charge in [-0.15, -0.1) is 0 Å². The first-order chi connectivity index (χ1) is 11.5. The lowest BCUT2D eigenvalue weighted by Crippen LogP contribution is -2.29. The van der Waals surface area contributed by atoms with Gasteiger partial charge in [0.15, 0.2) is 0 Å². The molecule has 5 heteroatoms. The molecule has 1 N–H and O–H groups in total. The monoisotopic (exact) mass is 344 g/mol. The van der Waals surface area contributed by atoms with Crippen LogP contribution >= 0.6 is 0 Å². The lowest BCUT2D eigenvalue weighted by atomic mass is 10.1. The smallest absolute Gasteiger partial charge is 0.236 e. The zero-order chi connectivity index (χ0) is 17.0. The molecule has 0 saturated carbocycles. The van der Waals surface area contributed by atoms with E-state index in [0.29, 0.717) is 5.69 Å². The fourth-order valence-electron chi connectivity index (χ4n) is 3.08. The van der Waals surface area contributed by atoms with Gasteiger partial charge in [-0.25, -0.2) is 8.42 Å². The summed E-state index contributed by atoms with van der Waals surface area (Å²) in [5.41, 5.74) is 3.60. The first kappa shape index (κ1) is 16.8. The summed E-state index contributed by atoms with van der Waals surface area (Å²) in [4.78, 5) is 2.36. The van der Waals surface area contributed by atoms with Gasteiger partial charge in [0, 0.05) is 24.5 Å². The molecular weight excluding hydrogens is 320 g/mol. The number of rotatable bonds is 5. The Labute approximate surface area is 144 Å². The molecule has 1 heterocycles. The van der Waals surface area contributed by atoms with Crippen molar-refractivity contribution in [3.8, 4) is 0 Å². The fourth-order valence-corrected chi connectivity index (χ4v) is 4.39. The number of piperidine rings is 1. The van der Waals surface area contributed by atoms with Crippen LogP contribution in [0.15, 0.2) is 48.5 Å². The maximum absolute atomic E-state index is 12.4. The molecule has 4 nitrogen and oxygen atoms in total. The number of nitrogens with one attached hydrogen (secondary N) is 1. The standard InChI is InChI=1S/C19H24N2O2S/c1-16-7-3-4-8-17(16)15-24(22,23)20-18-9-11-19(12-10-18)21-13-5-2-6-14-21/h3-4,7-12,20H,2,5-6,13-15H2,1H3. The molecule has 0 aliphatic carbocycles. The largest absolute Gasteiger partial charge is 0.372 e. The van der Waals surface area contributed by atoms with Crippen molar-refractivity contribution in [2.45, 2.75) is 31.9 Å². The van der Waals surface area contributed by atoms with Crippen LogP contribution in [0.5, 0.6) is 0 Å². The molecule has 24 heavy (non-hydrogen) atoms. The normalized spacial score (nSPS) is 15.3. The van der Waals surface area contributed by atoms with Gasteiger partial charge in [0.1, 0.15) is 0 Å². The highest BCUT2D eigenvalue weighted by Gasteiger charge is 2.14. The van der Waals surface area contributed by atoms with Gasteiger partial charge in [-0.3, -0.25) is 4.72 Å². The molecule has 2 aromatic carbocycles.